The molecule has 3 aromatic rings. The zero-order valence-electron chi connectivity index (χ0n) is 21.5. The molecule has 2 amide bonds. The van der Waals surface area contributed by atoms with Crippen LogP contribution in [0.1, 0.15) is 46.4 Å². The molecule has 0 radical (unpaired) electrons. The monoisotopic (exact) mass is 520 g/mol. The topological polar surface area (TPSA) is 123 Å². The molecule has 38 heavy (non-hydrogen) atoms. The van der Waals surface area contributed by atoms with Gasteiger partial charge in [-0.25, -0.2) is 0 Å². The second kappa shape index (κ2) is 12.3. The Kier molecular flexibility index (Phi) is 8.68. The number of benzene rings is 3. The third-order valence-corrected chi connectivity index (χ3v) is 6.74. The highest BCUT2D eigenvalue weighted by molar-refractivity contribution is 5.99. The second-order valence-electron chi connectivity index (χ2n) is 9.24. The number of methoxy groups -OCH3 is 2. The van der Waals surface area contributed by atoms with Crippen LogP contribution in [0.3, 0.4) is 0 Å². The first-order valence-corrected chi connectivity index (χ1v) is 12.6. The fraction of sp³-hybridized carbons (Fsp3) is 0.345. The van der Waals surface area contributed by atoms with E-state index in [2.05, 4.69) is 10.6 Å². The van der Waals surface area contributed by atoms with Gasteiger partial charge in [-0.3, -0.25) is 14.4 Å². The van der Waals surface area contributed by atoms with Crippen molar-refractivity contribution in [3.8, 4) is 17.2 Å². The summed E-state index contributed by atoms with van der Waals surface area (Å²) >= 11 is 0. The van der Waals surface area contributed by atoms with Crippen LogP contribution in [0.2, 0.25) is 0 Å². The van der Waals surface area contributed by atoms with Crippen LogP contribution in [0.5, 0.6) is 17.2 Å². The van der Waals surface area contributed by atoms with Crippen molar-refractivity contribution in [3.63, 3.8) is 0 Å². The van der Waals surface area contributed by atoms with E-state index in [1.165, 1.54) is 0 Å². The molecule has 0 spiro atoms. The Morgan fingerprint density at radius 1 is 0.763 bits per heavy atom. The van der Waals surface area contributed by atoms with Gasteiger partial charge in [0.15, 0.2) is 11.5 Å². The summed E-state index contributed by atoms with van der Waals surface area (Å²) in [5.74, 6) is 0.340. The van der Waals surface area contributed by atoms with Crippen molar-refractivity contribution >= 4 is 28.6 Å². The summed E-state index contributed by atoms with van der Waals surface area (Å²) in [5.41, 5.74) is 0.986. The van der Waals surface area contributed by atoms with Crippen LogP contribution >= 0.6 is 0 Å². The number of carbonyl (C=O) groups excluding carboxylic acids is 2. The Bertz CT molecular complexity index is 1300. The van der Waals surface area contributed by atoms with Gasteiger partial charge in [0.05, 0.1) is 26.2 Å². The fourth-order valence-corrected chi connectivity index (χ4v) is 4.58. The molecule has 9 heteroatoms. The summed E-state index contributed by atoms with van der Waals surface area (Å²) in [5, 5.41) is 16.5. The lowest BCUT2D eigenvalue weighted by atomic mass is 9.87. The number of aliphatic carboxylic acids is 1. The van der Waals surface area contributed by atoms with Gasteiger partial charge in [0.1, 0.15) is 5.75 Å². The van der Waals surface area contributed by atoms with Gasteiger partial charge in [-0.1, -0.05) is 6.07 Å². The minimum Gasteiger partial charge on any atom is -0.493 e. The van der Waals surface area contributed by atoms with E-state index in [0.29, 0.717) is 54.1 Å². The Labute approximate surface area is 221 Å². The Balaban J connectivity index is 1.22. The lowest BCUT2D eigenvalue weighted by molar-refractivity contribution is -0.143. The van der Waals surface area contributed by atoms with Gasteiger partial charge >= 0.3 is 5.97 Å². The van der Waals surface area contributed by atoms with Gasteiger partial charge < -0.3 is 30.0 Å². The molecule has 9 nitrogen and oxygen atoms in total. The SMILES string of the molecule is COc1cc2ccc(C(=O)NCCNC(=O)c3ccc(O[C@H]4CC[C@@H](C(=O)O)CC4)cc3)cc2cc1OC. The summed E-state index contributed by atoms with van der Waals surface area (Å²) in [7, 11) is 3.14. The molecule has 1 saturated carbocycles. The minimum atomic E-state index is -0.741. The molecule has 0 aromatic heterocycles. The molecular weight excluding hydrogens is 488 g/mol. The lowest BCUT2D eigenvalue weighted by Gasteiger charge is -2.26. The first-order valence-electron chi connectivity index (χ1n) is 12.6. The molecule has 0 heterocycles. The van der Waals surface area contributed by atoms with Gasteiger partial charge in [0.25, 0.3) is 11.8 Å². The zero-order valence-corrected chi connectivity index (χ0v) is 21.5. The summed E-state index contributed by atoms with van der Waals surface area (Å²) in [6, 6.07) is 15.9. The molecule has 0 saturated heterocycles. The normalized spacial score (nSPS) is 16.9. The van der Waals surface area contributed by atoms with Crippen molar-refractivity contribution in [1.82, 2.24) is 10.6 Å². The smallest absolute Gasteiger partial charge is 0.306 e. The van der Waals surface area contributed by atoms with Crippen molar-refractivity contribution < 1.29 is 33.7 Å². The molecule has 1 aliphatic carbocycles. The number of hydrogen-bond acceptors (Lipinski definition) is 6. The molecule has 1 fully saturated rings. The van der Waals surface area contributed by atoms with Crippen molar-refractivity contribution in [3.05, 3.63) is 65.7 Å². The molecule has 200 valence electrons. The highest BCUT2D eigenvalue weighted by Gasteiger charge is 2.26. The van der Waals surface area contributed by atoms with Gasteiger partial charge in [-0.2, -0.15) is 0 Å². The van der Waals surface area contributed by atoms with E-state index in [4.69, 9.17) is 19.3 Å². The number of nitrogens with one attached hydrogen (secondary N) is 2. The van der Waals surface area contributed by atoms with E-state index < -0.39 is 5.97 Å². The predicted octanol–water partition coefficient (Wildman–Crippen LogP) is 4.04. The zero-order chi connectivity index (χ0) is 27.1. The largest absolute Gasteiger partial charge is 0.493 e. The maximum atomic E-state index is 12.6. The third kappa shape index (κ3) is 6.53. The number of carboxylic acid groups (broad SMARTS) is 1. The number of fused-ring (bicyclic) bond motifs is 1. The number of hydrogen-bond donors (Lipinski definition) is 3. The van der Waals surface area contributed by atoms with E-state index in [1.54, 1.807) is 50.6 Å². The van der Waals surface area contributed by atoms with Gasteiger partial charge in [-0.05, 0) is 85.0 Å². The standard InChI is InChI=1S/C29H32N2O7/c1-36-25-16-20-3-4-21(15-22(20)17-26(25)37-2)28(33)31-14-13-30-27(32)18-5-9-23(10-6-18)38-24-11-7-19(8-12-24)29(34)35/h3-6,9-10,15-17,19,24H,7-8,11-14H2,1-2H3,(H,30,32)(H,31,33)(H,34,35)/t19-,24+. The van der Waals surface area contributed by atoms with Crippen LogP contribution in [0, 0.1) is 5.92 Å². The van der Waals surface area contributed by atoms with E-state index in [9.17, 15) is 14.4 Å². The summed E-state index contributed by atoms with van der Waals surface area (Å²) < 4.78 is 16.6. The Morgan fingerprint density at radius 2 is 1.32 bits per heavy atom. The highest BCUT2D eigenvalue weighted by Crippen LogP contribution is 2.32. The molecule has 0 bridgehead atoms. The second-order valence-corrected chi connectivity index (χ2v) is 9.24. The third-order valence-electron chi connectivity index (χ3n) is 6.74. The average molecular weight is 521 g/mol. The van der Waals surface area contributed by atoms with Crippen molar-refractivity contribution in [2.24, 2.45) is 5.92 Å². The quantitative estimate of drug-likeness (QED) is 0.345. The average Bonchev–Trinajstić information content (AvgIpc) is 2.94. The molecule has 3 aromatic carbocycles. The maximum Gasteiger partial charge on any atom is 0.306 e. The van der Waals surface area contributed by atoms with Crippen molar-refractivity contribution in [1.29, 1.82) is 0 Å². The fourth-order valence-electron chi connectivity index (χ4n) is 4.58. The van der Waals surface area contributed by atoms with Crippen molar-refractivity contribution in [2.75, 3.05) is 27.3 Å². The van der Waals surface area contributed by atoms with Crippen LogP contribution < -0.4 is 24.8 Å². The summed E-state index contributed by atoms with van der Waals surface area (Å²) in [6.45, 7) is 0.545. The first kappa shape index (κ1) is 26.8. The minimum absolute atomic E-state index is 0.0126. The molecular formula is C29H32N2O7. The van der Waals surface area contributed by atoms with E-state index >= 15 is 0 Å². The number of rotatable bonds is 10. The number of amides is 2. The highest BCUT2D eigenvalue weighted by atomic mass is 16.5. The molecule has 0 aliphatic heterocycles. The van der Waals surface area contributed by atoms with Crippen LogP contribution in [-0.4, -0.2) is 56.3 Å². The lowest BCUT2D eigenvalue weighted by Crippen LogP contribution is -2.34. The summed E-state index contributed by atoms with van der Waals surface area (Å²) in [6.07, 6.45) is 2.62. The van der Waals surface area contributed by atoms with Crippen molar-refractivity contribution in [2.45, 2.75) is 31.8 Å². The molecule has 1 aliphatic rings. The molecule has 3 N–H and O–H groups in total. The molecule has 0 unspecified atom stereocenters. The van der Waals surface area contributed by atoms with Gasteiger partial charge in [-0.15, -0.1) is 0 Å². The summed E-state index contributed by atoms with van der Waals surface area (Å²) in [4.78, 5) is 36.2. The van der Waals surface area contributed by atoms with Crippen LogP contribution in [0.4, 0.5) is 0 Å². The van der Waals surface area contributed by atoms with Gasteiger partial charge in [0.2, 0.25) is 0 Å². The molecule has 0 atom stereocenters. The first-order chi connectivity index (χ1) is 18.4. The van der Waals surface area contributed by atoms with E-state index in [0.717, 1.165) is 10.8 Å². The number of ether oxygens (including phenoxy) is 3. The Hall–Kier alpha value is -4.27. The number of carboxylic acids is 1. The van der Waals surface area contributed by atoms with E-state index in [-0.39, 0.29) is 36.9 Å². The van der Waals surface area contributed by atoms with Gasteiger partial charge in [0, 0.05) is 24.2 Å². The maximum absolute atomic E-state index is 12.6. The number of carbonyl (C=O) groups is 3. The molecule has 4 rings (SSSR count). The Morgan fingerprint density at radius 3 is 1.89 bits per heavy atom. The van der Waals surface area contributed by atoms with Crippen LogP contribution in [0.25, 0.3) is 10.8 Å². The van der Waals surface area contributed by atoms with Crippen LogP contribution in [0.15, 0.2) is 54.6 Å². The van der Waals surface area contributed by atoms with E-state index in [1.807, 2.05) is 18.2 Å². The van der Waals surface area contributed by atoms with Crippen LogP contribution in [-0.2, 0) is 4.79 Å². The predicted molar refractivity (Wildman–Crippen MR) is 142 cm³/mol.